The molecule has 0 bridgehead atoms. The molecule has 1 aliphatic rings. The van der Waals surface area contributed by atoms with E-state index < -0.39 is 0 Å². The number of fused-ring (bicyclic) bond motifs is 1. The molecule has 0 radical (unpaired) electrons. The summed E-state index contributed by atoms with van der Waals surface area (Å²) in [6.07, 6.45) is 3.26. The second kappa shape index (κ2) is 7.36. The number of aromatic amines is 1. The normalized spacial score (nSPS) is 19.2. The van der Waals surface area contributed by atoms with Crippen molar-refractivity contribution in [1.29, 1.82) is 0 Å². The van der Waals surface area contributed by atoms with E-state index in [1.54, 1.807) is 6.07 Å². The van der Waals surface area contributed by atoms with Crippen molar-refractivity contribution < 1.29 is 9.53 Å². The van der Waals surface area contributed by atoms with Gasteiger partial charge in [-0.2, -0.15) is 15.4 Å². The summed E-state index contributed by atoms with van der Waals surface area (Å²) in [5.41, 5.74) is 1.35. The minimum Gasteiger partial charge on any atom is -0.493 e. The molecular formula is C16H22ClN5O2. The molecule has 130 valence electrons. The van der Waals surface area contributed by atoms with Crippen LogP contribution in [0.5, 0.6) is 5.75 Å². The van der Waals surface area contributed by atoms with Gasteiger partial charge in [0.2, 0.25) is 0 Å². The Bertz CT molecular complexity index is 733. The Morgan fingerprint density at radius 1 is 1.46 bits per heavy atom. The Morgan fingerprint density at radius 2 is 2.25 bits per heavy atom. The van der Waals surface area contributed by atoms with Gasteiger partial charge in [0, 0.05) is 12.6 Å². The molecule has 0 unspecified atom stereocenters. The maximum absolute atomic E-state index is 12.8. The molecule has 1 aliphatic heterocycles. The van der Waals surface area contributed by atoms with Crippen molar-refractivity contribution in [2.45, 2.75) is 32.2 Å². The number of likely N-dealkylation sites (N-methyl/N-ethyl adjacent to an activating group) is 1. The first kappa shape index (κ1) is 17.0. The van der Waals surface area contributed by atoms with E-state index in [1.807, 2.05) is 0 Å². The third kappa shape index (κ3) is 3.32. The molecule has 2 heterocycles. The summed E-state index contributed by atoms with van der Waals surface area (Å²) in [6, 6.07) is 1.71. The molecule has 1 amide bonds. The van der Waals surface area contributed by atoms with Crippen LogP contribution in [0.2, 0.25) is 5.02 Å². The average molecular weight is 352 g/mol. The fraction of sp³-hybridized carbons (Fsp3) is 0.562. The number of amides is 1. The van der Waals surface area contributed by atoms with Crippen LogP contribution in [0.15, 0.2) is 6.07 Å². The summed E-state index contributed by atoms with van der Waals surface area (Å²) in [6.45, 7) is 5.09. The molecule has 0 spiro atoms. The van der Waals surface area contributed by atoms with E-state index in [0.29, 0.717) is 27.4 Å². The van der Waals surface area contributed by atoms with Crippen molar-refractivity contribution in [2.24, 2.45) is 0 Å². The van der Waals surface area contributed by atoms with Gasteiger partial charge in [0.05, 0.1) is 17.7 Å². The zero-order valence-corrected chi connectivity index (χ0v) is 14.7. The maximum atomic E-state index is 12.8. The number of nitrogens with zero attached hydrogens (tertiary/aromatic N) is 3. The van der Waals surface area contributed by atoms with E-state index in [9.17, 15) is 4.79 Å². The summed E-state index contributed by atoms with van der Waals surface area (Å²) >= 11 is 6.22. The van der Waals surface area contributed by atoms with Crippen LogP contribution in [-0.4, -0.2) is 59.0 Å². The summed E-state index contributed by atoms with van der Waals surface area (Å²) < 4.78 is 5.40. The first-order valence-corrected chi connectivity index (χ1v) is 8.62. The number of hydrogen-bond acceptors (Lipinski definition) is 5. The molecule has 1 aromatic carbocycles. The van der Waals surface area contributed by atoms with E-state index in [-0.39, 0.29) is 11.9 Å². The van der Waals surface area contributed by atoms with Gasteiger partial charge in [-0.15, -0.1) is 0 Å². The van der Waals surface area contributed by atoms with Gasteiger partial charge in [-0.3, -0.25) is 4.79 Å². The lowest BCUT2D eigenvalue weighted by atomic mass is 10.1. The number of H-pyrrole nitrogens is 1. The van der Waals surface area contributed by atoms with Crippen molar-refractivity contribution >= 4 is 28.5 Å². The van der Waals surface area contributed by atoms with Crippen LogP contribution in [-0.2, 0) is 0 Å². The van der Waals surface area contributed by atoms with Crippen LogP contribution in [0.3, 0.4) is 0 Å². The third-order valence-electron chi connectivity index (χ3n) is 4.49. The predicted molar refractivity (Wildman–Crippen MR) is 92.7 cm³/mol. The Hall–Kier alpha value is -1.86. The molecule has 1 saturated heterocycles. The molecule has 24 heavy (non-hydrogen) atoms. The highest BCUT2D eigenvalue weighted by molar-refractivity contribution is 6.35. The lowest BCUT2D eigenvalue weighted by molar-refractivity contribution is 0.0924. The Morgan fingerprint density at radius 3 is 3.00 bits per heavy atom. The van der Waals surface area contributed by atoms with Crippen LogP contribution in [0, 0.1) is 0 Å². The average Bonchev–Trinajstić information content (AvgIpc) is 2.96. The lowest BCUT2D eigenvalue weighted by Gasteiger charge is -2.23. The van der Waals surface area contributed by atoms with E-state index in [4.69, 9.17) is 16.3 Å². The zero-order chi connectivity index (χ0) is 17.1. The number of carbonyl (C=O) groups excluding carboxylic acids is 1. The van der Waals surface area contributed by atoms with Gasteiger partial charge in [0.1, 0.15) is 5.52 Å². The first-order valence-electron chi connectivity index (χ1n) is 8.24. The predicted octanol–water partition coefficient (Wildman–Crippen LogP) is 2.22. The monoisotopic (exact) mass is 351 g/mol. The van der Waals surface area contributed by atoms with Gasteiger partial charge >= 0.3 is 0 Å². The first-order chi connectivity index (χ1) is 11.6. The number of likely N-dealkylation sites (tertiary alicyclic amines) is 1. The highest BCUT2D eigenvalue weighted by Gasteiger charge is 2.24. The number of nitrogens with one attached hydrogen (secondary N) is 2. The molecule has 7 nitrogen and oxygen atoms in total. The highest BCUT2D eigenvalue weighted by atomic mass is 35.5. The van der Waals surface area contributed by atoms with Gasteiger partial charge in [-0.1, -0.05) is 24.9 Å². The minimum absolute atomic E-state index is 0.122. The van der Waals surface area contributed by atoms with Crippen molar-refractivity contribution in [2.75, 3.05) is 26.7 Å². The summed E-state index contributed by atoms with van der Waals surface area (Å²) in [7, 11) is 1.51. The van der Waals surface area contributed by atoms with Crippen LogP contribution >= 0.6 is 11.6 Å². The molecule has 8 heteroatoms. The molecule has 2 aromatic rings. The summed E-state index contributed by atoms with van der Waals surface area (Å²) in [4.78, 5) is 15.2. The number of methoxy groups -OCH3 is 1. The third-order valence-corrected chi connectivity index (χ3v) is 4.78. The summed E-state index contributed by atoms with van der Waals surface area (Å²) in [5, 5.41) is 14.1. The van der Waals surface area contributed by atoms with Crippen LogP contribution in [0.4, 0.5) is 0 Å². The second-order valence-corrected chi connectivity index (χ2v) is 6.43. The Kier molecular flexibility index (Phi) is 5.20. The molecule has 2 N–H and O–H groups in total. The van der Waals surface area contributed by atoms with E-state index in [2.05, 4.69) is 32.6 Å². The molecule has 1 fully saturated rings. The fourth-order valence-electron chi connectivity index (χ4n) is 3.21. The number of benzene rings is 1. The van der Waals surface area contributed by atoms with Gasteiger partial charge in [-0.05, 0) is 32.0 Å². The maximum Gasteiger partial charge on any atom is 0.255 e. The van der Waals surface area contributed by atoms with E-state index in [1.165, 1.54) is 13.5 Å². The number of ether oxygens (including phenoxy) is 1. The molecule has 0 saturated carbocycles. The number of aromatic nitrogens is 3. The lowest BCUT2D eigenvalue weighted by Crippen LogP contribution is -2.42. The molecule has 0 aliphatic carbocycles. The second-order valence-electron chi connectivity index (χ2n) is 6.02. The van der Waals surface area contributed by atoms with Gasteiger partial charge in [-0.25, -0.2) is 0 Å². The number of carbonyl (C=O) groups is 1. The van der Waals surface area contributed by atoms with Crippen LogP contribution < -0.4 is 10.1 Å². The number of halogens is 1. The molecule has 1 aromatic heterocycles. The van der Waals surface area contributed by atoms with Crippen LogP contribution in [0.25, 0.3) is 11.0 Å². The fourth-order valence-corrected chi connectivity index (χ4v) is 3.45. The van der Waals surface area contributed by atoms with Crippen molar-refractivity contribution in [3.8, 4) is 5.75 Å². The van der Waals surface area contributed by atoms with E-state index >= 15 is 0 Å². The topological polar surface area (TPSA) is 83.1 Å². The van der Waals surface area contributed by atoms with Crippen molar-refractivity contribution in [3.63, 3.8) is 0 Å². The molecule has 1 atom stereocenters. The summed E-state index contributed by atoms with van der Waals surface area (Å²) in [5.74, 6) is 0.197. The zero-order valence-electron chi connectivity index (χ0n) is 13.9. The van der Waals surface area contributed by atoms with E-state index in [0.717, 1.165) is 32.5 Å². The van der Waals surface area contributed by atoms with Gasteiger partial charge < -0.3 is 15.0 Å². The minimum atomic E-state index is -0.193. The van der Waals surface area contributed by atoms with Crippen molar-refractivity contribution in [1.82, 2.24) is 25.6 Å². The number of rotatable bonds is 4. The van der Waals surface area contributed by atoms with Crippen molar-refractivity contribution in [3.05, 3.63) is 16.7 Å². The molecule has 3 rings (SSSR count). The van der Waals surface area contributed by atoms with Gasteiger partial charge in [0.25, 0.3) is 5.91 Å². The van der Waals surface area contributed by atoms with Gasteiger partial charge in [0.15, 0.2) is 11.3 Å². The highest BCUT2D eigenvalue weighted by Crippen LogP contribution is 2.32. The standard InChI is InChI=1S/C16H22ClN5O2/c1-3-22-7-5-4-6-10(9-22)18-16(23)11-8-12(17)13-14(15(11)24-2)20-21-19-13/h8,10H,3-7,9H2,1-2H3,(H,18,23)(H,19,20,21)/t10-/m1/s1. The smallest absolute Gasteiger partial charge is 0.255 e. The number of hydrogen-bond donors (Lipinski definition) is 2. The Balaban J connectivity index is 1.85. The quantitative estimate of drug-likeness (QED) is 0.882. The Labute approximate surface area is 145 Å². The van der Waals surface area contributed by atoms with Crippen LogP contribution in [0.1, 0.15) is 36.5 Å². The SMILES string of the molecule is CCN1CCCC[C@@H](NC(=O)c2cc(Cl)c3n[nH]nc3c2OC)C1. The largest absolute Gasteiger partial charge is 0.493 e. The molecular weight excluding hydrogens is 330 g/mol.